The van der Waals surface area contributed by atoms with Crippen molar-refractivity contribution in [3.8, 4) is 0 Å². The Balaban J connectivity index is 1.94. The van der Waals surface area contributed by atoms with Gasteiger partial charge in [-0.3, -0.25) is 4.90 Å². The van der Waals surface area contributed by atoms with Gasteiger partial charge < -0.3 is 9.84 Å². The van der Waals surface area contributed by atoms with E-state index in [2.05, 4.69) is 4.90 Å². The van der Waals surface area contributed by atoms with Crippen molar-refractivity contribution in [2.24, 2.45) is 0 Å². The van der Waals surface area contributed by atoms with Crippen LogP contribution in [0.1, 0.15) is 18.1 Å². The van der Waals surface area contributed by atoms with Gasteiger partial charge in [0, 0.05) is 26.2 Å². The topological polar surface area (TPSA) is 32.7 Å². The SMILES string of the molecule is OCCCN1CCO[C@@H](c2ccc(F)cc2)C1. The van der Waals surface area contributed by atoms with Gasteiger partial charge in [0.25, 0.3) is 0 Å². The summed E-state index contributed by atoms with van der Waals surface area (Å²) in [7, 11) is 0. The first kappa shape index (κ1) is 12.5. The zero-order valence-corrected chi connectivity index (χ0v) is 9.81. The number of morpholine rings is 1. The van der Waals surface area contributed by atoms with Crippen LogP contribution in [-0.2, 0) is 4.74 Å². The summed E-state index contributed by atoms with van der Waals surface area (Å²) in [5.74, 6) is -0.221. The molecule has 94 valence electrons. The molecule has 0 aromatic heterocycles. The van der Waals surface area contributed by atoms with Gasteiger partial charge in [-0.2, -0.15) is 0 Å². The molecule has 3 nitrogen and oxygen atoms in total. The van der Waals surface area contributed by atoms with E-state index >= 15 is 0 Å². The number of ether oxygens (including phenoxy) is 1. The molecule has 1 fully saturated rings. The maximum atomic E-state index is 12.8. The van der Waals surface area contributed by atoms with Crippen LogP contribution < -0.4 is 0 Å². The second-order valence-corrected chi connectivity index (χ2v) is 4.29. The second kappa shape index (κ2) is 6.10. The van der Waals surface area contributed by atoms with Crippen molar-refractivity contribution < 1.29 is 14.2 Å². The zero-order chi connectivity index (χ0) is 12.1. The first-order chi connectivity index (χ1) is 8.29. The summed E-state index contributed by atoms with van der Waals surface area (Å²) < 4.78 is 18.5. The number of hydrogen-bond donors (Lipinski definition) is 1. The number of halogens is 1. The van der Waals surface area contributed by atoms with Gasteiger partial charge in [0.1, 0.15) is 5.82 Å². The van der Waals surface area contributed by atoms with Gasteiger partial charge in [0.05, 0.1) is 12.7 Å². The first-order valence-corrected chi connectivity index (χ1v) is 6.00. The zero-order valence-electron chi connectivity index (χ0n) is 9.81. The van der Waals surface area contributed by atoms with Crippen molar-refractivity contribution in [1.29, 1.82) is 0 Å². The molecule has 2 rings (SSSR count). The Kier molecular flexibility index (Phi) is 4.48. The molecule has 0 aliphatic carbocycles. The minimum Gasteiger partial charge on any atom is -0.396 e. The van der Waals surface area contributed by atoms with Gasteiger partial charge in [-0.15, -0.1) is 0 Å². The minimum absolute atomic E-state index is 0.0167. The maximum absolute atomic E-state index is 12.8. The molecule has 1 saturated heterocycles. The van der Waals surface area contributed by atoms with Gasteiger partial charge in [-0.25, -0.2) is 4.39 Å². The van der Waals surface area contributed by atoms with Crippen LogP contribution in [0.5, 0.6) is 0 Å². The third-order valence-electron chi connectivity index (χ3n) is 3.02. The molecule has 1 atom stereocenters. The molecule has 0 saturated carbocycles. The van der Waals surface area contributed by atoms with Gasteiger partial charge in [-0.1, -0.05) is 12.1 Å². The van der Waals surface area contributed by atoms with E-state index in [9.17, 15) is 4.39 Å². The van der Waals surface area contributed by atoms with Crippen molar-refractivity contribution in [3.63, 3.8) is 0 Å². The second-order valence-electron chi connectivity index (χ2n) is 4.29. The number of benzene rings is 1. The highest BCUT2D eigenvalue weighted by molar-refractivity contribution is 5.19. The quantitative estimate of drug-likeness (QED) is 0.866. The van der Waals surface area contributed by atoms with Crippen LogP contribution in [0.4, 0.5) is 4.39 Å². The Morgan fingerprint density at radius 1 is 1.35 bits per heavy atom. The lowest BCUT2D eigenvalue weighted by Gasteiger charge is -2.33. The average Bonchev–Trinajstić information content (AvgIpc) is 2.37. The molecule has 1 aromatic rings. The number of aliphatic hydroxyl groups is 1. The highest BCUT2D eigenvalue weighted by atomic mass is 19.1. The molecule has 0 radical (unpaired) electrons. The molecule has 17 heavy (non-hydrogen) atoms. The molecule has 0 amide bonds. The largest absolute Gasteiger partial charge is 0.396 e. The molecular weight excluding hydrogens is 221 g/mol. The lowest BCUT2D eigenvalue weighted by molar-refractivity contribution is -0.0312. The Hall–Kier alpha value is -0.970. The monoisotopic (exact) mass is 239 g/mol. The predicted molar refractivity (Wildman–Crippen MR) is 63.2 cm³/mol. The average molecular weight is 239 g/mol. The molecule has 1 aliphatic heterocycles. The highest BCUT2D eigenvalue weighted by Crippen LogP contribution is 2.22. The van der Waals surface area contributed by atoms with Crippen LogP contribution in [0, 0.1) is 5.82 Å². The predicted octanol–water partition coefficient (Wildman–Crippen LogP) is 1.58. The number of nitrogens with zero attached hydrogens (tertiary/aromatic N) is 1. The molecule has 1 heterocycles. The van der Waals surface area contributed by atoms with E-state index in [0.717, 1.165) is 31.6 Å². The highest BCUT2D eigenvalue weighted by Gasteiger charge is 2.21. The van der Waals surface area contributed by atoms with E-state index in [1.165, 1.54) is 12.1 Å². The third kappa shape index (κ3) is 3.49. The lowest BCUT2D eigenvalue weighted by atomic mass is 10.1. The molecule has 0 bridgehead atoms. The molecule has 0 unspecified atom stereocenters. The van der Waals surface area contributed by atoms with E-state index < -0.39 is 0 Å². The maximum Gasteiger partial charge on any atom is 0.123 e. The van der Waals surface area contributed by atoms with E-state index in [-0.39, 0.29) is 18.5 Å². The summed E-state index contributed by atoms with van der Waals surface area (Å²) in [6.07, 6.45) is 0.805. The van der Waals surface area contributed by atoms with Crippen LogP contribution >= 0.6 is 0 Å². The van der Waals surface area contributed by atoms with E-state index in [4.69, 9.17) is 9.84 Å². The van der Waals surface area contributed by atoms with Crippen LogP contribution in [-0.4, -0.2) is 42.9 Å². The van der Waals surface area contributed by atoms with Crippen molar-refractivity contribution in [2.45, 2.75) is 12.5 Å². The number of aliphatic hydroxyl groups excluding tert-OH is 1. The Morgan fingerprint density at radius 2 is 2.12 bits per heavy atom. The fourth-order valence-electron chi connectivity index (χ4n) is 2.08. The fraction of sp³-hybridized carbons (Fsp3) is 0.538. The van der Waals surface area contributed by atoms with Crippen molar-refractivity contribution in [1.82, 2.24) is 4.90 Å². The lowest BCUT2D eigenvalue weighted by Crippen LogP contribution is -2.39. The van der Waals surface area contributed by atoms with E-state index in [1.807, 2.05) is 0 Å². The van der Waals surface area contributed by atoms with Crippen LogP contribution in [0.2, 0.25) is 0 Å². The van der Waals surface area contributed by atoms with Crippen LogP contribution in [0.25, 0.3) is 0 Å². The number of rotatable bonds is 4. The Labute approximate surface area is 101 Å². The van der Waals surface area contributed by atoms with Gasteiger partial charge >= 0.3 is 0 Å². The van der Waals surface area contributed by atoms with Crippen molar-refractivity contribution in [2.75, 3.05) is 32.8 Å². The Bertz CT molecular complexity index is 342. The minimum atomic E-state index is -0.221. The molecule has 1 aliphatic rings. The van der Waals surface area contributed by atoms with Crippen LogP contribution in [0.3, 0.4) is 0 Å². The third-order valence-corrected chi connectivity index (χ3v) is 3.02. The van der Waals surface area contributed by atoms with Gasteiger partial charge in [-0.05, 0) is 24.1 Å². The summed E-state index contributed by atoms with van der Waals surface area (Å²) in [5, 5.41) is 8.81. The van der Waals surface area contributed by atoms with E-state index in [0.29, 0.717) is 6.61 Å². The molecule has 0 spiro atoms. The molecule has 1 aromatic carbocycles. The fourth-order valence-corrected chi connectivity index (χ4v) is 2.08. The van der Waals surface area contributed by atoms with Gasteiger partial charge in [0.15, 0.2) is 0 Å². The van der Waals surface area contributed by atoms with Crippen molar-refractivity contribution >= 4 is 0 Å². The van der Waals surface area contributed by atoms with E-state index in [1.54, 1.807) is 12.1 Å². The molecular formula is C13H18FNO2. The van der Waals surface area contributed by atoms with Crippen LogP contribution in [0.15, 0.2) is 24.3 Å². The van der Waals surface area contributed by atoms with Crippen molar-refractivity contribution in [3.05, 3.63) is 35.6 Å². The normalized spacial score (nSPS) is 21.6. The summed E-state index contributed by atoms with van der Waals surface area (Å²) >= 11 is 0. The summed E-state index contributed by atoms with van der Waals surface area (Å²) in [6.45, 7) is 3.51. The Morgan fingerprint density at radius 3 is 2.82 bits per heavy atom. The number of hydrogen-bond acceptors (Lipinski definition) is 3. The molecule has 4 heteroatoms. The summed E-state index contributed by atoms with van der Waals surface area (Å²) in [4.78, 5) is 2.27. The smallest absolute Gasteiger partial charge is 0.123 e. The summed E-state index contributed by atoms with van der Waals surface area (Å²) in [6, 6.07) is 6.47. The standard InChI is InChI=1S/C13H18FNO2/c14-12-4-2-11(3-5-12)13-10-15(6-1-8-16)7-9-17-13/h2-5,13,16H,1,6-10H2/t13-/m1/s1. The molecule has 1 N–H and O–H groups in total. The van der Waals surface area contributed by atoms with Gasteiger partial charge in [0.2, 0.25) is 0 Å². The first-order valence-electron chi connectivity index (χ1n) is 6.00. The summed E-state index contributed by atoms with van der Waals surface area (Å²) in [5.41, 5.74) is 1.01.